The van der Waals surface area contributed by atoms with Crippen molar-refractivity contribution < 1.29 is 13.9 Å². The molecule has 0 saturated heterocycles. The summed E-state index contributed by atoms with van der Waals surface area (Å²) >= 11 is 0. The van der Waals surface area contributed by atoms with Gasteiger partial charge in [0.15, 0.2) is 5.65 Å². The van der Waals surface area contributed by atoms with Crippen LogP contribution in [0.5, 0.6) is 0 Å². The van der Waals surface area contributed by atoms with Crippen LogP contribution >= 0.6 is 0 Å². The molecule has 0 atom stereocenters. The quantitative estimate of drug-likeness (QED) is 0.693. The van der Waals surface area contributed by atoms with E-state index in [4.69, 9.17) is 4.74 Å². The summed E-state index contributed by atoms with van der Waals surface area (Å²) in [4.78, 5) is 16.4. The lowest BCUT2D eigenvalue weighted by Crippen LogP contribution is -2.05. The van der Waals surface area contributed by atoms with Crippen molar-refractivity contribution in [2.75, 3.05) is 6.61 Å². The van der Waals surface area contributed by atoms with Crippen molar-refractivity contribution in [2.24, 2.45) is 0 Å². The first kappa shape index (κ1) is 13.3. The molecule has 0 aliphatic carbocycles. The zero-order chi connectivity index (χ0) is 14.8. The number of hydrogen-bond donors (Lipinski definition) is 0. The van der Waals surface area contributed by atoms with E-state index in [1.807, 2.05) is 12.3 Å². The van der Waals surface area contributed by atoms with Gasteiger partial charge in [-0.3, -0.25) is 0 Å². The minimum absolute atomic E-state index is 0.297. The molecule has 2 aromatic heterocycles. The summed E-state index contributed by atoms with van der Waals surface area (Å²) in [5.41, 5.74) is 2.40. The normalized spacial score (nSPS) is 10.8. The number of carbonyl (C=O) groups excluding carboxylic acids is 1. The lowest BCUT2D eigenvalue weighted by Gasteiger charge is -2.04. The molecule has 0 aliphatic rings. The second kappa shape index (κ2) is 5.36. The zero-order valence-corrected chi connectivity index (χ0v) is 11.4. The predicted octanol–water partition coefficient (Wildman–Crippen LogP) is 3.32. The van der Waals surface area contributed by atoms with Gasteiger partial charge >= 0.3 is 5.97 Å². The van der Waals surface area contributed by atoms with Gasteiger partial charge in [0, 0.05) is 18.0 Å². The Morgan fingerprint density at radius 3 is 2.62 bits per heavy atom. The summed E-state index contributed by atoms with van der Waals surface area (Å²) < 4.78 is 19.7. The number of esters is 1. The number of aromatic nitrogens is 2. The molecule has 21 heavy (non-hydrogen) atoms. The molecular weight excluding hydrogens is 271 g/mol. The van der Waals surface area contributed by atoms with Crippen LogP contribution in [0.3, 0.4) is 0 Å². The molecule has 0 radical (unpaired) electrons. The summed E-state index contributed by atoms with van der Waals surface area (Å²) in [6.45, 7) is 2.07. The third-order valence-corrected chi connectivity index (χ3v) is 3.14. The summed E-state index contributed by atoms with van der Waals surface area (Å²) in [6, 6.07) is 9.56. The Bertz CT molecular complexity index is 794. The van der Waals surface area contributed by atoms with E-state index >= 15 is 0 Å². The van der Waals surface area contributed by atoms with E-state index in [-0.39, 0.29) is 5.82 Å². The van der Waals surface area contributed by atoms with Gasteiger partial charge in [0.1, 0.15) is 11.4 Å². The van der Waals surface area contributed by atoms with E-state index in [9.17, 15) is 9.18 Å². The van der Waals surface area contributed by atoms with Gasteiger partial charge in [-0.15, -0.1) is 0 Å². The highest BCUT2D eigenvalue weighted by atomic mass is 19.1. The Labute approximate surface area is 120 Å². The molecule has 1 aromatic carbocycles. The van der Waals surface area contributed by atoms with Gasteiger partial charge in [0.2, 0.25) is 0 Å². The van der Waals surface area contributed by atoms with Crippen LogP contribution in [-0.2, 0) is 4.74 Å². The van der Waals surface area contributed by atoms with Crippen LogP contribution in [0.25, 0.3) is 16.9 Å². The Morgan fingerprint density at radius 2 is 1.90 bits per heavy atom. The Balaban J connectivity index is 2.08. The summed E-state index contributed by atoms with van der Waals surface area (Å²) in [5, 5.41) is 0. The molecule has 3 rings (SSSR count). The molecule has 0 N–H and O–H groups in total. The van der Waals surface area contributed by atoms with Crippen molar-refractivity contribution in [1.82, 2.24) is 9.38 Å². The first-order valence-electron chi connectivity index (χ1n) is 6.60. The second-order valence-electron chi connectivity index (χ2n) is 4.50. The van der Waals surface area contributed by atoms with Crippen LogP contribution in [0, 0.1) is 5.82 Å². The number of rotatable bonds is 3. The minimum Gasteiger partial charge on any atom is -0.462 e. The molecule has 0 bridgehead atoms. The molecule has 5 heteroatoms. The van der Waals surface area contributed by atoms with Crippen LogP contribution in [0.1, 0.15) is 17.3 Å². The van der Waals surface area contributed by atoms with Crippen LogP contribution in [0.2, 0.25) is 0 Å². The van der Waals surface area contributed by atoms with Crippen molar-refractivity contribution in [3.05, 3.63) is 60.2 Å². The molecule has 0 fully saturated rings. The fourth-order valence-electron chi connectivity index (χ4n) is 2.13. The van der Waals surface area contributed by atoms with Crippen molar-refractivity contribution in [2.45, 2.75) is 6.92 Å². The van der Waals surface area contributed by atoms with E-state index in [0.29, 0.717) is 23.5 Å². The van der Waals surface area contributed by atoms with Gasteiger partial charge in [-0.1, -0.05) is 0 Å². The highest BCUT2D eigenvalue weighted by Gasteiger charge is 2.14. The number of hydrogen-bond acceptors (Lipinski definition) is 3. The molecule has 0 saturated carbocycles. The summed E-state index contributed by atoms with van der Waals surface area (Å²) in [7, 11) is 0. The Morgan fingerprint density at radius 1 is 1.19 bits per heavy atom. The maximum Gasteiger partial charge on any atom is 0.341 e. The lowest BCUT2D eigenvalue weighted by atomic mass is 10.1. The number of benzene rings is 1. The van der Waals surface area contributed by atoms with Gasteiger partial charge in [-0.05, 0) is 43.3 Å². The van der Waals surface area contributed by atoms with E-state index < -0.39 is 5.97 Å². The highest BCUT2D eigenvalue weighted by Crippen LogP contribution is 2.20. The maximum atomic E-state index is 13.0. The first-order valence-corrected chi connectivity index (χ1v) is 6.60. The zero-order valence-electron chi connectivity index (χ0n) is 11.4. The lowest BCUT2D eigenvalue weighted by molar-refractivity contribution is 0.0528. The molecular formula is C16H13FN2O2. The number of fused-ring (bicyclic) bond motifs is 1. The van der Waals surface area contributed by atoms with Gasteiger partial charge in [0.05, 0.1) is 12.3 Å². The Kier molecular flexibility index (Phi) is 3.39. The van der Waals surface area contributed by atoms with E-state index in [1.165, 1.54) is 12.1 Å². The van der Waals surface area contributed by atoms with Crippen LogP contribution in [0.4, 0.5) is 4.39 Å². The number of halogens is 1. The second-order valence-corrected chi connectivity index (χ2v) is 4.50. The molecule has 106 valence electrons. The fraction of sp³-hybridized carbons (Fsp3) is 0.125. The van der Waals surface area contributed by atoms with Gasteiger partial charge < -0.3 is 9.14 Å². The fourth-order valence-corrected chi connectivity index (χ4v) is 2.13. The first-order chi connectivity index (χ1) is 10.2. The summed E-state index contributed by atoms with van der Waals surface area (Å²) in [6.07, 6.45) is 3.56. The maximum absolute atomic E-state index is 13.0. The van der Waals surface area contributed by atoms with Crippen molar-refractivity contribution in [1.29, 1.82) is 0 Å². The van der Waals surface area contributed by atoms with Crippen LogP contribution in [-0.4, -0.2) is 22.0 Å². The average molecular weight is 284 g/mol. The number of carbonyl (C=O) groups is 1. The largest absolute Gasteiger partial charge is 0.462 e. The number of ether oxygens (including phenoxy) is 1. The molecule has 0 spiro atoms. The van der Waals surface area contributed by atoms with E-state index in [2.05, 4.69) is 4.98 Å². The molecule has 0 aliphatic heterocycles. The van der Waals surface area contributed by atoms with Gasteiger partial charge in [0.25, 0.3) is 0 Å². The third-order valence-electron chi connectivity index (χ3n) is 3.14. The van der Waals surface area contributed by atoms with E-state index in [1.54, 1.807) is 35.7 Å². The SMILES string of the molecule is CCOC(=O)c1ccn2ccc(-c3ccc(F)cc3)nc12. The van der Waals surface area contributed by atoms with Crippen molar-refractivity contribution in [3.8, 4) is 11.3 Å². The molecule has 2 heterocycles. The molecule has 0 unspecified atom stereocenters. The molecule has 0 amide bonds. The Hall–Kier alpha value is -2.69. The highest BCUT2D eigenvalue weighted by molar-refractivity contribution is 5.96. The minimum atomic E-state index is -0.399. The number of nitrogens with zero attached hydrogens (tertiary/aromatic N) is 2. The standard InChI is InChI=1S/C16H13FN2O2/c1-2-21-16(20)13-7-9-19-10-8-14(18-15(13)19)11-3-5-12(17)6-4-11/h3-10H,2H2,1H3. The van der Waals surface area contributed by atoms with Gasteiger partial charge in [-0.25, -0.2) is 14.2 Å². The average Bonchev–Trinajstić information content (AvgIpc) is 2.91. The van der Waals surface area contributed by atoms with Gasteiger partial charge in [-0.2, -0.15) is 0 Å². The van der Waals surface area contributed by atoms with Crippen molar-refractivity contribution >= 4 is 11.6 Å². The topological polar surface area (TPSA) is 43.6 Å². The molecule has 4 nitrogen and oxygen atoms in total. The van der Waals surface area contributed by atoms with Crippen LogP contribution in [0.15, 0.2) is 48.8 Å². The monoisotopic (exact) mass is 284 g/mol. The summed E-state index contributed by atoms with van der Waals surface area (Å²) in [5.74, 6) is -0.696. The van der Waals surface area contributed by atoms with Crippen LogP contribution < -0.4 is 0 Å². The third kappa shape index (κ3) is 2.50. The predicted molar refractivity (Wildman–Crippen MR) is 76.5 cm³/mol. The molecule has 3 aromatic rings. The van der Waals surface area contributed by atoms with Crippen molar-refractivity contribution in [3.63, 3.8) is 0 Å². The smallest absolute Gasteiger partial charge is 0.341 e. The van der Waals surface area contributed by atoms with E-state index in [0.717, 1.165) is 5.56 Å².